The molecule has 2 heterocycles. The van der Waals surface area contributed by atoms with Gasteiger partial charge in [0.05, 0.1) is 13.2 Å². The highest BCUT2D eigenvalue weighted by Gasteiger charge is 2.53. The zero-order valence-corrected chi connectivity index (χ0v) is 18.0. The van der Waals surface area contributed by atoms with Crippen LogP contribution in [-0.2, 0) is 56.7 Å². The van der Waals surface area contributed by atoms with Crippen LogP contribution in [0.1, 0.15) is 13.8 Å². The molecule has 2 saturated heterocycles. The minimum atomic E-state index is -4.22. The number of rotatable bonds is 11. The number of fused-ring (bicyclic) bond motifs is 1. The lowest BCUT2D eigenvalue weighted by Crippen LogP contribution is -2.56. The van der Waals surface area contributed by atoms with E-state index < -0.39 is 46.7 Å². The quantitative estimate of drug-likeness (QED) is 0.307. The molecule has 5 atom stereocenters. The summed E-state index contributed by atoms with van der Waals surface area (Å²) in [4.78, 5) is 0. The molecule has 13 heteroatoms. The van der Waals surface area contributed by atoms with E-state index in [0.717, 1.165) is 0 Å². The third-order valence-electron chi connectivity index (χ3n) is 4.10. The Labute approximate surface area is 170 Å². The van der Waals surface area contributed by atoms with Gasteiger partial charge in [-0.15, -0.1) is 0 Å². The lowest BCUT2D eigenvalue weighted by atomic mass is 9.99. The molecule has 172 valence electrons. The highest BCUT2D eigenvalue weighted by Crippen LogP contribution is 2.35. The molecule has 2 aliphatic rings. The van der Waals surface area contributed by atoms with Crippen LogP contribution in [0.4, 0.5) is 0 Å². The van der Waals surface area contributed by atoms with Gasteiger partial charge in [-0.05, 0) is 13.8 Å². The van der Waals surface area contributed by atoms with Crippen LogP contribution >= 0.6 is 0 Å². The Morgan fingerprint density at radius 1 is 1.03 bits per heavy atom. The Kier molecular flexibility index (Phi) is 9.63. The molecule has 0 aromatic heterocycles. The minimum Gasteiger partial charge on any atom is -0.359 e. The van der Waals surface area contributed by atoms with E-state index in [9.17, 15) is 8.42 Å². The fraction of sp³-hybridized carbons (Fsp3) is 1.00. The summed E-state index contributed by atoms with van der Waals surface area (Å²) in [6.07, 6.45) is -4.39. The van der Waals surface area contributed by atoms with Crippen molar-refractivity contribution in [2.45, 2.75) is 50.2 Å². The van der Waals surface area contributed by atoms with Gasteiger partial charge in [0, 0.05) is 21.3 Å². The van der Waals surface area contributed by atoms with E-state index in [0.29, 0.717) is 0 Å². The highest BCUT2D eigenvalue weighted by molar-refractivity contribution is 7.81. The molecule has 0 bridgehead atoms. The third kappa shape index (κ3) is 7.33. The molecule has 2 fully saturated rings. The van der Waals surface area contributed by atoms with E-state index >= 15 is 0 Å². The summed E-state index contributed by atoms with van der Waals surface area (Å²) in [5, 5.41) is 0. The Hall–Kier alpha value is -0.450. The maximum Gasteiger partial charge on any atom is 0.400 e. The first-order valence-electron chi connectivity index (χ1n) is 8.94. The molecular weight excluding hydrogens is 416 g/mol. The summed E-state index contributed by atoms with van der Waals surface area (Å²) >= 11 is 0. The predicted octanol–water partition coefficient (Wildman–Crippen LogP) is -0.235. The smallest absolute Gasteiger partial charge is 0.359 e. The summed E-state index contributed by atoms with van der Waals surface area (Å²) in [5.41, 5.74) is 0. The first kappa shape index (κ1) is 24.8. The molecular formula is C16H30O12S. The van der Waals surface area contributed by atoms with Gasteiger partial charge in [0.1, 0.15) is 50.9 Å². The van der Waals surface area contributed by atoms with E-state index in [1.807, 2.05) is 0 Å². The van der Waals surface area contributed by atoms with Crippen molar-refractivity contribution in [2.75, 3.05) is 54.9 Å². The minimum absolute atomic E-state index is 0.0216. The van der Waals surface area contributed by atoms with Gasteiger partial charge in [-0.25, -0.2) is 8.37 Å². The fourth-order valence-electron chi connectivity index (χ4n) is 3.08. The molecule has 2 rings (SSSR count). The van der Waals surface area contributed by atoms with E-state index in [4.69, 9.17) is 46.3 Å². The SMILES string of the molecule is COCOC[C@@H](OCOC)[C@H]1OC(C)(C)O[C@@H]2COS(=O)(=O)O[C@H]2[C@@H]1OCOC. The van der Waals surface area contributed by atoms with Gasteiger partial charge in [-0.1, -0.05) is 0 Å². The summed E-state index contributed by atoms with van der Waals surface area (Å²) in [7, 11) is 0.168. The van der Waals surface area contributed by atoms with E-state index in [2.05, 4.69) is 0 Å². The van der Waals surface area contributed by atoms with Gasteiger partial charge in [0.25, 0.3) is 0 Å². The van der Waals surface area contributed by atoms with Crippen molar-refractivity contribution in [3.8, 4) is 0 Å². The van der Waals surface area contributed by atoms with Crippen LogP contribution in [-0.4, -0.2) is 99.6 Å². The molecule has 0 radical (unpaired) electrons. The van der Waals surface area contributed by atoms with Crippen LogP contribution < -0.4 is 0 Å². The van der Waals surface area contributed by atoms with Crippen molar-refractivity contribution in [3.05, 3.63) is 0 Å². The molecule has 0 saturated carbocycles. The Balaban J connectivity index is 2.36. The molecule has 2 aliphatic heterocycles. The monoisotopic (exact) mass is 446 g/mol. The maximum atomic E-state index is 11.9. The lowest BCUT2D eigenvalue weighted by molar-refractivity contribution is -0.279. The van der Waals surface area contributed by atoms with Gasteiger partial charge in [0.15, 0.2) is 5.79 Å². The molecule has 0 N–H and O–H groups in total. The van der Waals surface area contributed by atoms with Crippen molar-refractivity contribution in [3.63, 3.8) is 0 Å². The van der Waals surface area contributed by atoms with Gasteiger partial charge in [0.2, 0.25) is 0 Å². The van der Waals surface area contributed by atoms with E-state index in [-0.39, 0.29) is 33.6 Å². The Bertz CT molecular complexity index is 582. The molecule has 0 unspecified atom stereocenters. The van der Waals surface area contributed by atoms with E-state index in [1.54, 1.807) is 13.8 Å². The Morgan fingerprint density at radius 2 is 1.72 bits per heavy atom. The summed E-state index contributed by atoms with van der Waals surface area (Å²) in [6.45, 7) is 2.98. The van der Waals surface area contributed by atoms with Crippen molar-refractivity contribution >= 4 is 10.4 Å². The molecule has 29 heavy (non-hydrogen) atoms. The first-order valence-corrected chi connectivity index (χ1v) is 10.3. The topological polar surface area (TPSA) is 126 Å². The van der Waals surface area contributed by atoms with E-state index in [1.165, 1.54) is 21.3 Å². The van der Waals surface area contributed by atoms with Crippen LogP contribution in [0.3, 0.4) is 0 Å². The van der Waals surface area contributed by atoms with Gasteiger partial charge in [-0.2, -0.15) is 8.42 Å². The average Bonchev–Trinajstić information content (AvgIpc) is 2.75. The highest BCUT2D eigenvalue weighted by atomic mass is 32.3. The van der Waals surface area contributed by atoms with Crippen LogP contribution in [0.5, 0.6) is 0 Å². The van der Waals surface area contributed by atoms with Crippen LogP contribution in [0, 0.1) is 0 Å². The largest absolute Gasteiger partial charge is 0.400 e. The molecule has 12 nitrogen and oxygen atoms in total. The molecule has 0 aromatic rings. The van der Waals surface area contributed by atoms with Gasteiger partial charge >= 0.3 is 10.4 Å². The van der Waals surface area contributed by atoms with Crippen molar-refractivity contribution in [1.29, 1.82) is 0 Å². The average molecular weight is 446 g/mol. The van der Waals surface area contributed by atoms with Crippen molar-refractivity contribution in [1.82, 2.24) is 0 Å². The normalized spacial score (nSPS) is 32.3. The zero-order valence-electron chi connectivity index (χ0n) is 17.2. The van der Waals surface area contributed by atoms with Crippen LogP contribution in [0.15, 0.2) is 0 Å². The fourth-order valence-corrected chi connectivity index (χ4v) is 3.94. The first-order chi connectivity index (χ1) is 13.7. The molecule has 0 amide bonds. The molecule has 0 aromatic carbocycles. The van der Waals surface area contributed by atoms with Crippen LogP contribution in [0.25, 0.3) is 0 Å². The summed E-state index contributed by atoms with van der Waals surface area (Å²) in [5.74, 6) is -1.14. The predicted molar refractivity (Wildman–Crippen MR) is 94.9 cm³/mol. The molecule has 0 aliphatic carbocycles. The lowest BCUT2D eigenvalue weighted by Gasteiger charge is -2.37. The second-order valence-corrected chi connectivity index (χ2v) is 8.06. The van der Waals surface area contributed by atoms with Crippen molar-refractivity contribution in [2.24, 2.45) is 0 Å². The maximum absolute atomic E-state index is 11.9. The van der Waals surface area contributed by atoms with Crippen LogP contribution in [0.2, 0.25) is 0 Å². The zero-order chi connectivity index (χ0) is 21.5. The van der Waals surface area contributed by atoms with Gasteiger partial charge in [-0.3, -0.25) is 0 Å². The standard InChI is InChI=1S/C16H30O12S/c1-16(2)26-12-7-25-29(17,18)28-14(12)15(24-10-21-5)13(27-16)11(23-9-20-4)6-22-8-19-3/h11-15H,6-10H2,1-5H3/t11-,12-,13-,14-,15-/m1/s1. The Morgan fingerprint density at radius 3 is 2.38 bits per heavy atom. The summed E-state index contributed by atoms with van der Waals surface area (Å²) < 4.78 is 77.7. The molecule has 0 spiro atoms. The second kappa shape index (κ2) is 11.2. The number of hydrogen-bond donors (Lipinski definition) is 0. The summed E-state index contributed by atoms with van der Waals surface area (Å²) in [6, 6.07) is 0. The third-order valence-corrected chi connectivity index (χ3v) is 4.99. The number of ether oxygens (including phenoxy) is 8. The second-order valence-electron chi connectivity index (χ2n) is 6.82. The number of hydrogen-bond acceptors (Lipinski definition) is 12. The van der Waals surface area contributed by atoms with Gasteiger partial charge < -0.3 is 37.9 Å². The van der Waals surface area contributed by atoms with Crippen molar-refractivity contribution < 1.29 is 54.7 Å². The number of methoxy groups -OCH3 is 3.